The van der Waals surface area contributed by atoms with Gasteiger partial charge in [-0.25, -0.2) is 4.39 Å². The first kappa shape index (κ1) is 10.2. The van der Waals surface area contributed by atoms with Gasteiger partial charge in [-0.3, -0.25) is 0 Å². The predicted octanol–water partition coefficient (Wildman–Crippen LogP) is 2.48. The molecule has 1 aromatic rings. The average molecular weight is 181 g/mol. The van der Waals surface area contributed by atoms with Crippen LogP contribution in [0.25, 0.3) is 0 Å². The van der Waals surface area contributed by atoms with E-state index in [1.54, 1.807) is 6.92 Å². The molecule has 0 aliphatic heterocycles. The molecule has 0 aromatic heterocycles. The molecule has 2 N–H and O–H groups in total. The van der Waals surface area contributed by atoms with E-state index in [1.165, 1.54) is 0 Å². The summed E-state index contributed by atoms with van der Waals surface area (Å²) in [7, 11) is 0. The monoisotopic (exact) mass is 181 g/mol. The highest BCUT2D eigenvalue weighted by Gasteiger charge is 2.17. The van der Waals surface area contributed by atoms with Crippen molar-refractivity contribution in [1.29, 1.82) is 0 Å². The SMILES string of the molecule is CC(F)C(CCN)c1ccccc1. The fraction of sp³-hybridized carbons (Fsp3) is 0.455. The zero-order valence-electron chi connectivity index (χ0n) is 7.91. The van der Waals surface area contributed by atoms with Crippen LogP contribution < -0.4 is 5.73 Å². The molecule has 1 rings (SSSR count). The zero-order valence-corrected chi connectivity index (χ0v) is 7.91. The molecule has 0 aliphatic rings. The summed E-state index contributed by atoms with van der Waals surface area (Å²) < 4.78 is 13.2. The number of hydrogen-bond acceptors (Lipinski definition) is 1. The number of alkyl halides is 1. The van der Waals surface area contributed by atoms with Gasteiger partial charge < -0.3 is 5.73 Å². The minimum Gasteiger partial charge on any atom is -0.330 e. The summed E-state index contributed by atoms with van der Waals surface area (Å²) in [5.41, 5.74) is 6.48. The highest BCUT2D eigenvalue weighted by Crippen LogP contribution is 2.24. The van der Waals surface area contributed by atoms with Crippen LogP contribution in [0.4, 0.5) is 4.39 Å². The molecular formula is C11H16FN. The molecule has 0 radical (unpaired) electrons. The van der Waals surface area contributed by atoms with E-state index in [1.807, 2.05) is 30.3 Å². The van der Waals surface area contributed by atoms with Crippen molar-refractivity contribution in [3.8, 4) is 0 Å². The van der Waals surface area contributed by atoms with Gasteiger partial charge in [-0.1, -0.05) is 30.3 Å². The maximum Gasteiger partial charge on any atom is 0.104 e. The van der Waals surface area contributed by atoms with Gasteiger partial charge in [-0.15, -0.1) is 0 Å². The van der Waals surface area contributed by atoms with Crippen LogP contribution >= 0.6 is 0 Å². The summed E-state index contributed by atoms with van der Waals surface area (Å²) in [4.78, 5) is 0. The number of hydrogen-bond donors (Lipinski definition) is 1. The molecule has 2 atom stereocenters. The second kappa shape index (κ2) is 4.97. The van der Waals surface area contributed by atoms with Crippen molar-refractivity contribution in [2.24, 2.45) is 5.73 Å². The van der Waals surface area contributed by atoms with Gasteiger partial charge in [0.15, 0.2) is 0 Å². The zero-order chi connectivity index (χ0) is 9.68. The van der Waals surface area contributed by atoms with Crippen molar-refractivity contribution in [3.05, 3.63) is 35.9 Å². The van der Waals surface area contributed by atoms with Crippen LogP contribution in [0.5, 0.6) is 0 Å². The first-order valence-electron chi connectivity index (χ1n) is 4.64. The van der Waals surface area contributed by atoms with Crippen molar-refractivity contribution in [3.63, 3.8) is 0 Å². The highest BCUT2D eigenvalue weighted by atomic mass is 19.1. The summed E-state index contributed by atoms with van der Waals surface area (Å²) in [5, 5.41) is 0. The maximum atomic E-state index is 13.2. The van der Waals surface area contributed by atoms with E-state index in [-0.39, 0.29) is 5.92 Å². The van der Waals surface area contributed by atoms with Crippen molar-refractivity contribution >= 4 is 0 Å². The van der Waals surface area contributed by atoms with Crippen LogP contribution in [-0.2, 0) is 0 Å². The van der Waals surface area contributed by atoms with E-state index in [0.717, 1.165) is 5.56 Å². The Morgan fingerprint density at radius 3 is 2.38 bits per heavy atom. The van der Waals surface area contributed by atoms with E-state index in [2.05, 4.69) is 0 Å². The van der Waals surface area contributed by atoms with Gasteiger partial charge in [0.05, 0.1) is 0 Å². The van der Waals surface area contributed by atoms with Crippen molar-refractivity contribution in [2.75, 3.05) is 6.54 Å². The van der Waals surface area contributed by atoms with E-state index in [4.69, 9.17) is 5.73 Å². The van der Waals surface area contributed by atoms with Crippen LogP contribution in [0, 0.1) is 0 Å². The molecule has 0 bridgehead atoms. The fourth-order valence-corrected chi connectivity index (χ4v) is 1.54. The lowest BCUT2D eigenvalue weighted by atomic mass is 9.92. The highest BCUT2D eigenvalue weighted by molar-refractivity contribution is 5.20. The van der Waals surface area contributed by atoms with Gasteiger partial charge in [-0.05, 0) is 25.5 Å². The summed E-state index contributed by atoms with van der Waals surface area (Å²) in [6, 6.07) is 9.71. The van der Waals surface area contributed by atoms with Crippen molar-refractivity contribution < 1.29 is 4.39 Å². The third-order valence-electron chi connectivity index (χ3n) is 2.26. The molecular weight excluding hydrogens is 165 g/mol. The molecule has 0 heterocycles. The van der Waals surface area contributed by atoms with Crippen molar-refractivity contribution in [1.82, 2.24) is 0 Å². The smallest absolute Gasteiger partial charge is 0.104 e. The Kier molecular flexibility index (Phi) is 3.90. The second-order valence-electron chi connectivity index (χ2n) is 3.27. The van der Waals surface area contributed by atoms with Crippen LogP contribution in [0.15, 0.2) is 30.3 Å². The van der Waals surface area contributed by atoms with E-state index < -0.39 is 6.17 Å². The molecule has 0 aliphatic carbocycles. The van der Waals surface area contributed by atoms with Gasteiger partial charge in [0.1, 0.15) is 6.17 Å². The Morgan fingerprint density at radius 2 is 1.92 bits per heavy atom. The van der Waals surface area contributed by atoms with Crippen molar-refractivity contribution in [2.45, 2.75) is 25.4 Å². The number of benzene rings is 1. The Balaban J connectivity index is 2.76. The Labute approximate surface area is 78.8 Å². The predicted molar refractivity (Wildman–Crippen MR) is 53.4 cm³/mol. The molecule has 1 aromatic carbocycles. The molecule has 0 fully saturated rings. The maximum absolute atomic E-state index is 13.2. The van der Waals surface area contributed by atoms with E-state index >= 15 is 0 Å². The lowest BCUT2D eigenvalue weighted by Gasteiger charge is -2.17. The molecule has 0 saturated heterocycles. The third kappa shape index (κ3) is 2.81. The van der Waals surface area contributed by atoms with Gasteiger partial charge >= 0.3 is 0 Å². The first-order chi connectivity index (χ1) is 6.25. The lowest BCUT2D eigenvalue weighted by molar-refractivity contribution is 0.297. The molecule has 72 valence electrons. The standard InChI is InChI=1S/C11H16FN/c1-9(12)11(7-8-13)10-5-3-2-4-6-10/h2-6,9,11H,7-8,13H2,1H3. The van der Waals surface area contributed by atoms with Crippen LogP contribution in [0.2, 0.25) is 0 Å². The minimum absolute atomic E-state index is 0.0498. The first-order valence-corrected chi connectivity index (χ1v) is 4.64. The summed E-state index contributed by atoms with van der Waals surface area (Å²) in [6.45, 7) is 2.13. The Bertz CT molecular complexity index is 233. The number of rotatable bonds is 4. The molecule has 0 saturated carbocycles. The van der Waals surface area contributed by atoms with Gasteiger partial charge in [0, 0.05) is 5.92 Å². The largest absolute Gasteiger partial charge is 0.330 e. The molecule has 0 amide bonds. The van der Waals surface area contributed by atoms with E-state index in [9.17, 15) is 4.39 Å². The van der Waals surface area contributed by atoms with Gasteiger partial charge in [-0.2, -0.15) is 0 Å². The third-order valence-corrected chi connectivity index (χ3v) is 2.26. The molecule has 2 heteroatoms. The summed E-state index contributed by atoms with van der Waals surface area (Å²) in [6.07, 6.45) is -0.118. The minimum atomic E-state index is -0.828. The second-order valence-corrected chi connectivity index (χ2v) is 3.27. The molecule has 13 heavy (non-hydrogen) atoms. The average Bonchev–Trinajstić information content (AvgIpc) is 2.15. The van der Waals surface area contributed by atoms with E-state index in [0.29, 0.717) is 13.0 Å². The Morgan fingerprint density at radius 1 is 1.31 bits per heavy atom. The molecule has 2 unspecified atom stereocenters. The van der Waals surface area contributed by atoms with Crippen LogP contribution in [0.3, 0.4) is 0 Å². The van der Waals surface area contributed by atoms with Gasteiger partial charge in [0.25, 0.3) is 0 Å². The quantitative estimate of drug-likeness (QED) is 0.758. The number of halogens is 1. The molecule has 0 spiro atoms. The topological polar surface area (TPSA) is 26.0 Å². The van der Waals surface area contributed by atoms with Gasteiger partial charge in [0.2, 0.25) is 0 Å². The van der Waals surface area contributed by atoms with Crippen LogP contribution in [0.1, 0.15) is 24.8 Å². The number of nitrogens with two attached hydrogens (primary N) is 1. The Hall–Kier alpha value is -0.890. The summed E-state index contributed by atoms with van der Waals surface area (Å²) >= 11 is 0. The normalized spacial score (nSPS) is 15.3. The molecule has 1 nitrogen and oxygen atoms in total. The van der Waals surface area contributed by atoms with Crippen LogP contribution in [-0.4, -0.2) is 12.7 Å². The lowest BCUT2D eigenvalue weighted by Crippen LogP contribution is -2.15. The summed E-state index contributed by atoms with van der Waals surface area (Å²) in [5.74, 6) is -0.0498. The fourth-order valence-electron chi connectivity index (χ4n) is 1.54.